The molecule has 0 aliphatic carbocycles. The summed E-state index contributed by atoms with van der Waals surface area (Å²) in [5.74, 6) is 0. The fraction of sp³-hybridized carbons (Fsp3) is 0.375. The Hall–Kier alpha value is -1.46. The summed E-state index contributed by atoms with van der Waals surface area (Å²) in [4.78, 5) is 11.2. The van der Waals surface area contributed by atoms with E-state index in [1.807, 2.05) is 0 Å². The molecule has 0 aliphatic rings. The molecule has 1 aromatic rings. The number of hydrogen-bond acceptors (Lipinski definition) is 2. The SMILES string of the molecule is CNc1cc(C(F)(F)F)cn(C)c1=O. The molecule has 1 heterocycles. The molecule has 0 aliphatic heterocycles. The highest BCUT2D eigenvalue weighted by molar-refractivity contribution is 5.43. The largest absolute Gasteiger partial charge is 0.417 e. The van der Waals surface area contributed by atoms with Crippen molar-refractivity contribution in [2.45, 2.75) is 6.18 Å². The van der Waals surface area contributed by atoms with Crippen LogP contribution in [-0.2, 0) is 13.2 Å². The molecule has 78 valence electrons. The van der Waals surface area contributed by atoms with Gasteiger partial charge < -0.3 is 9.88 Å². The quantitative estimate of drug-likeness (QED) is 0.754. The lowest BCUT2D eigenvalue weighted by Gasteiger charge is -2.10. The first-order valence-electron chi connectivity index (χ1n) is 3.82. The van der Waals surface area contributed by atoms with Crippen molar-refractivity contribution in [1.29, 1.82) is 0 Å². The van der Waals surface area contributed by atoms with Crippen LogP contribution < -0.4 is 10.9 Å². The second kappa shape index (κ2) is 3.36. The lowest BCUT2D eigenvalue weighted by Crippen LogP contribution is -2.22. The number of nitrogens with zero attached hydrogens (tertiary/aromatic N) is 1. The minimum absolute atomic E-state index is 0.0673. The summed E-state index contributed by atoms with van der Waals surface area (Å²) >= 11 is 0. The van der Waals surface area contributed by atoms with E-state index in [2.05, 4.69) is 5.32 Å². The number of halogens is 3. The minimum Gasteiger partial charge on any atom is -0.384 e. The summed E-state index contributed by atoms with van der Waals surface area (Å²) in [5, 5.41) is 2.42. The van der Waals surface area contributed by atoms with Crippen LogP contribution in [0.1, 0.15) is 5.56 Å². The summed E-state index contributed by atoms with van der Waals surface area (Å²) in [6.45, 7) is 0. The molecule has 0 spiro atoms. The van der Waals surface area contributed by atoms with Gasteiger partial charge in [-0.3, -0.25) is 4.79 Å². The van der Waals surface area contributed by atoms with E-state index < -0.39 is 17.3 Å². The van der Waals surface area contributed by atoms with E-state index in [-0.39, 0.29) is 5.69 Å². The molecule has 0 bridgehead atoms. The number of hydrogen-bond donors (Lipinski definition) is 1. The Morgan fingerprint density at radius 2 is 2.00 bits per heavy atom. The van der Waals surface area contributed by atoms with Gasteiger partial charge in [0.15, 0.2) is 0 Å². The van der Waals surface area contributed by atoms with Gasteiger partial charge in [0.05, 0.1) is 5.56 Å². The third-order valence-electron chi connectivity index (χ3n) is 1.78. The third-order valence-corrected chi connectivity index (χ3v) is 1.78. The Kier molecular flexibility index (Phi) is 2.55. The van der Waals surface area contributed by atoms with Gasteiger partial charge in [-0.1, -0.05) is 0 Å². The van der Waals surface area contributed by atoms with E-state index in [0.29, 0.717) is 0 Å². The Morgan fingerprint density at radius 3 is 2.43 bits per heavy atom. The van der Waals surface area contributed by atoms with Crippen LogP contribution in [0.25, 0.3) is 0 Å². The second-order valence-corrected chi connectivity index (χ2v) is 2.81. The first-order chi connectivity index (χ1) is 6.36. The van der Waals surface area contributed by atoms with Crippen molar-refractivity contribution in [3.63, 3.8) is 0 Å². The van der Waals surface area contributed by atoms with Crippen LogP contribution in [0.15, 0.2) is 17.1 Å². The maximum Gasteiger partial charge on any atom is 0.417 e. The summed E-state index contributed by atoms with van der Waals surface area (Å²) in [7, 11) is 2.68. The maximum absolute atomic E-state index is 12.3. The average Bonchev–Trinajstić information content (AvgIpc) is 2.07. The zero-order chi connectivity index (χ0) is 10.9. The van der Waals surface area contributed by atoms with Crippen molar-refractivity contribution >= 4 is 5.69 Å². The normalized spacial score (nSPS) is 11.5. The van der Waals surface area contributed by atoms with Gasteiger partial charge >= 0.3 is 6.18 Å². The first-order valence-corrected chi connectivity index (χ1v) is 3.82. The Bertz CT molecular complexity index is 395. The molecule has 14 heavy (non-hydrogen) atoms. The summed E-state index contributed by atoms with van der Waals surface area (Å²) in [6.07, 6.45) is -3.67. The van der Waals surface area contributed by atoms with E-state index >= 15 is 0 Å². The molecule has 0 atom stereocenters. The van der Waals surface area contributed by atoms with Gasteiger partial charge in [-0.15, -0.1) is 0 Å². The van der Waals surface area contributed by atoms with Crippen molar-refractivity contribution in [2.75, 3.05) is 12.4 Å². The lowest BCUT2D eigenvalue weighted by molar-refractivity contribution is -0.138. The highest BCUT2D eigenvalue weighted by atomic mass is 19.4. The fourth-order valence-electron chi connectivity index (χ4n) is 1.05. The van der Waals surface area contributed by atoms with E-state index in [1.165, 1.54) is 14.1 Å². The van der Waals surface area contributed by atoms with E-state index in [4.69, 9.17) is 0 Å². The number of anilines is 1. The summed E-state index contributed by atoms with van der Waals surface area (Å²) in [6, 6.07) is 0.794. The van der Waals surface area contributed by atoms with Crippen molar-refractivity contribution in [3.8, 4) is 0 Å². The number of alkyl halides is 3. The molecule has 0 fully saturated rings. The topological polar surface area (TPSA) is 34.0 Å². The van der Waals surface area contributed by atoms with Gasteiger partial charge in [0.25, 0.3) is 5.56 Å². The molecule has 0 radical (unpaired) electrons. The van der Waals surface area contributed by atoms with Crippen molar-refractivity contribution in [1.82, 2.24) is 4.57 Å². The first kappa shape index (κ1) is 10.6. The van der Waals surface area contributed by atoms with Gasteiger partial charge in [-0.25, -0.2) is 0 Å². The van der Waals surface area contributed by atoms with Crippen LogP contribution in [0.5, 0.6) is 0 Å². The number of pyridine rings is 1. The standard InChI is InChI=1S/C8H9F3N2O/c1-12-6-3-5(8(9,10)11)4-13(2)7(6)14/h3-4,12H,1-2H3. The predicted molar refractivity (Wildman–Crippen MR) is 46.2 cm³/mol. The number of aryl methyl sites for hydroxylation is 1. The number of rotatable bonds is 1. The molecule has 1 aromatic heterocycles. The van der Waals surface area contributed by atoms with Gasteiger partial charge in [-0.2, -0.15) is 13.2 Å². The molecular formula is C8H9F3N2O. The molecule has 0 unspecified atom stereocenters. The Morgan fingerprint density at radius 1 is 1.43 bits per heavy atom. The zero-order valence-corrected chi connectivity index (χ0v) is 7.64. The van der Waals surface area contributed by atoms with E-state index in [0.717, 1.165) is 16.8 Å². The molecular weight excluding hydrogens is 197 g/mol. The number of nitrogens with one attached hydrogen (secondary N) is 1. The zero-order valence-electron chi connectivity index (χ0n) is 7.64. The summed E-state index contributed by atoms with van der Waals surface area (Å²) < 4.78 is 37.7. The highest BCUT2D eigenvalue weighted by Gasteiger charge is 2.31. The molecule has 6 heteroatoms. The van der Waals surface area contributed by atoms with Crippen molar-refractivity contribution in [2.24, 2.45) is 7.05 Å². The Balaban J connectivity index is 3.38. The molecule has 0 saturated heterocycles. The minimum atomic E-state index is -4.43. The molecule has 1 N–H and O–H groups in total. The smallest absolute Gasteiger partial charge is 0.384 e. The molecule has 0 saturated carbocycles. The molecule has 3 nitrogen and oxygen atoms in total. The summed E-state index contributed by atoms with van der Waals surface area (Å²) in [5.41, 5.74) is -1.40. The molecule has 0 amide bonds. The van der Waals surface area contributed by atoms with Gasteiger partial charge in [-0.05, 0) is 6.07 Å². The van der Waals surface area contributed by atoms with Crippen LogP contribution in [0, 0.1) is 0 Å². The van der Waals surface area contributed by atoms with Gasteiger partial charge in [0.1, 0.15) is 5.69 Å². The maximum atomic E-state index is 12.3. The van der Waals surface area contributed by atoms with Crippen LogP contribution >= 0.6 is 0 Å². The second-order valence-electron chi connectivity index (χ2n) is 2.81. The Labute approximate surface area is 78.2 Å². The van der Waals surface area contributed by atoms with Crippen LogP contribution in [0.2, 0.25) is 0 Å². The molecule has 0 aromatic carbocycles. The number of aromatic nitrogens is 1. The van der Waals surface area contributed by atoms with Gasteiger partial charge in [0, 0.05) is 20.3 Å². The lowest BCUT2D eigenvalue weighted by atomic mass is 10.2. The van der Waals surface area contributed by atoms with E-state index in [9.17, 15) is 18.0 Å². The van der Waals surface area contributed by atoms with Gasteiger partial charge in [0.2, 0.25) is 0 Å². The van der Waals surface area contributed by atoms with Crippen LogP contribution in [-0.4, -0.2) is 11.6 Å². The molecule has 1 rings (SSSR count). The van der Waals surface area contributed by atoms with Crippen molar-refractivity contribution in [3.05, 3.63) is 28.2 Å². The highest BCUT2D eigenvalue weighted by Crippen LogP contribution is 2.29. The predicted octanol–water partition coefficient (Wildman–Crippen LogP) is 1.45. The van der Waals surface area contributed by atoms with Crippen LogP contribution in [0.3, 0.4) is 0 Å². The monoisotopic (exact) mass is 206 g/mol. The van der Waals surface area contributed by atoms with Crippen molar-refractivity contribution < 1.29 is 13.2 Å². The third kappa shape index (κ3) is 1.89. The average molecular weight is 206 g/mol. The van der Waals surface area contributed by atoms with Crippen LogP contribution in [0.4, 0.5) is 18.9 Å². The van der Waals surface area contributed by atoms with E-state index in [1.54, 1.807) is 0 Å². The fourth-order valence-corrected chi connectivity index (χ4v) is 1.05.